The molecule has 3 nitrogen and oxygen atoms in total. The predicted molar refractivity (Wildman–Crippen MR) is 74.3 cm³/mol. The normalized spacial score (nSPS) is 17.8. The fourth-order valence-electron chi connectivity index (χ4n) is 2.24. The Labute approximate surface area is 106 Å². The molecule has 0 aliphatic carbocycles. The van der Waals surface area contributed by atoms with Crippen molar-refractivity contribution in [2.75, 3.05) is 19.6 Å². The average Bonchev–Trinajstić information content (AvgIpc) is 2.77. The van der Waals surface area contributed by atoms with Crippen LogP contribution in [0.3, 0.4) is 0 Å². The number of hydrogen-bond donors (Lipinski definition) is 1. The van der Waals surface area contributed by atoms with E-state index in [4.69, 9.17) is 6.42 Å². The summed E-state index contributed by atoms with van der Waals surface area (Å²) in [7, 11) is 0. The van der Waals surface area contributed by atoms with Gasteiger partial charge in [-0.1, -0.05) is 12.8 Å². The van der Waals surface area contributed by atoms with Crippen molar-refractivity contribution in [3.05, 3.63) is 0 Å². The Morgan fingerprint density at radius 1 is 1.59 bits per heavy atom. The number of nitrogens with zero attached hydrogens (tertiary/aromatic N) is 2. The van der Waals surface area contributed by atoms with Gasteiger partial charge in [-0.15, -0.1) is 6.42 Å². The van der Waals surface area contributed by atoms with E-state index in [-0.39, 0.29) is 11.6 Å². The van der Waals surface area contributed by atoms with Crippen LogP contribution in [0, 0.1) is 12.3 Å². The lowest BCUT2D eigenvalue weighted by molar-refractivity contribution is 0.211. The fourth-order valence-corrected chi connectivity index (χ4v) is 2.24. The molecule has 0 amide bonds. The molecule has 0 spiro atoms. The third-order valence-electron chi connectivity index (χ3n) is 3.41. The summed E-state index contributed by atoms with van der Waals surface area (Å²) >= 11 is 0. The van der Waals surface area contributed by atoms with Gasteiger partial charge in [0.15, 0.2) is 0 Å². The minimum atomic E-state index is 0.156. The maximum absolute atomic E-state index is 5.35. The number of hydrogen-bond acceptors (Lipinski definition) is 3. The molecule has 0 radical (unpaired) electrons. The molecule has 0 bridgehead atoms. The number of nitrogens with one attached hydrogen (secondary N) is 1. The first-order valence-electron chi connectivity index (χ1n) is 6.51. The lowest BCUT2D eigenvalue weighted by atomic mass is 9.97. The summed E-state index contributed by atoms with van der Waals surface area (Å²) < 4.78 is 0. The van der Waals surface area contributed by atoms with Crippen molar-refractivity contribution in [2.45, 2.75) is 52.1 Å². The first-order valence-corrected chi connectivity index (χ1v) is 6.51. The van der Waals surface area contributed by atoms with Crippen LogP contribution in [0.4, 0.5) is 0 Å². The first kappa shape index (κ1) is 14.1. The van der Waals surface area contributed by atoms with Crippen LogP contribution in [0.1, 0.15) is 40.5 Å². The third-order valence-corrected chi connectivity index (χ3v) is 3.41. The second-order valence-electron chi connectivity index (χ2n) is 5.21. The molecule has 0 aromatic carbocycles. The van der Waals surface area contributed by atoms with E-state index < -0.39 is 0 Å². The van der Waals surface area contributed by atoms with Crippen molar-refractivity contribution in [2.24, 2.45) is 4.99 Å². The molecule has 96 valence electrons. The molecule has 1 atom stereocenters. The van der Waals surface area contributed by atoms with Gasteiger partial charge in [0.2, 0.25) is 0 Å². The van der Waals surface area contributed by atoms with Crippen LogP contribution >= 0.6 is 0 Å². The number of aliphatic imine (C=N–C) groups is 1. The van der Waals surface area contributed by atoms with E-state index in [1.807, 2.05) is 6.92 Å². The van der Waals surface area contributed by atoms with Gasteiger partial charge < -0.3 is 10.2 Å². The summed E-state index contributed by atoms with van der Waals surface area (Å²) in [4.78, 5) is 6.99. The van der Waals surface area contributed by atoms with E-state index in [9.17, 15) is 0 Å². The van der Waals surface area contributed by atoms with E-state index in [0.29, 0.717) is 0 Å². The van der Waals surface area contributed by atoms with Crippen LogP contribution in [0.2, 0.25) is 0 Å². The summed E-state index contributed by atoms with van der Waals surface area (Å²) in [6.45, 7) is 11.7. The highest BCUT2D eigenvalue weighted by molar-refractivity contribution is 5.84. The lowest BCUT2D eigenvalue weighted by Crippen LogP contribution is -2.47. The van der Waals surface area contributed by atoms with Crippen LogP contribution in [0.5, 0.6) is 0 Å². The molecule has 1 aliphatic heterocycles. The number of terminal acetylenes is 1. The van der Waals surface area contributed by atoms with E-state index in [0.717, 1.165) is 32.5 Å². The monoisotopic (exact) mass is 235 g/mol. The molecule has 0 aromatic rings. The molecule has 0 saturated heterocycles. The zero-order valence-corrected chi connectivity index (χ0v) is 11.6. The predicted octanol–water partition coefficient (Wildman–Crippen LogP) is 1.89. The Bertz CT molecular complexity index is 312. The third kappa shape index (κ3) is 3.74. The smallest absolute Gasteiger partial charge is 0.0992 e. The Balaban J connectivity index is 2.46. The SMILES string of the molecule is C#CC(C)NCCC(C)(C)N1CCN=C1CC. The van der Waals surface area contributed by atoms with Gasteiger partial charge in [-0.2, -0.15) is 0 Å². The van der Waals surface area contributed by atoms with Crippen molar-refractivity contribution >= 4 is 5.84 Å². The maximum Gasteiger partial charge on any atom is 0.0992 e. The molecule has 0 aromatic heterocycles. The minimum Gasteiger partial charge on any atom is -0.353 e. The Hall–Kier alpha value is -1.01. The van der Waals surface area contributed by atoms with Crippen LogP contribution < -0.4 is 5.32 Å². The second kappa shape index (κ2) is 6.07. The van der Waals surface area contributed by atoms with Gasteiger partial charge in [-0.3, -0.25) is 4.99 Å². The van der Waals surface area contributed by atoms with Crippen LogP contribution in [-0.2, 0) is 0 Å². The largest absolute Gasteiger partial charge is 0.353 e. The van der Waals surface area contributed by atoms with Gasteiger partial charge in [0.05, 0.1) is 18.4 Å². The minimum absolute atomic E-state index is 0.156. The van der Waals surface area contributed by atoms with E-state index in [2.05, 4.69) is 41.9 Å². The summed E-state index contributed by atoms with van der Waals surface area (Å²) in [6, 6.07) is 0.156. The summed E-state index contributed by atoms with van der Waals surface area (Å²) in [5, 5.41) is 3.34. The van der Waals surface area contributed by atoms with Crippen molar-refractivity contribution in [3.8, 4) is 12.3 Å². The van der Waals surface area contributed by atoms with Crippen LogP contribution in [0.15, 0.2) is 4.99 Å². The highest BCUT2D eigenvalue weighted by atomic mass is 15.3. The van der Waals surface area contributed by atoms with E-state index in [1.54, 1.807) is 0 Å². The first-order chi connectivity index (χ1) is 8.01. The zero-order chi connectivity index (χ0) is 12.9. The van der Waals surface area contributed by atoms with Crippen LogP contribution in [-0.4, -0.2) is 42.0 Å². The number of rotatable bonds is 6. The van der Waals surface area contributed by atoms with Gasteiger partial charge in [0.1, 0.15) is 0 Å². The Morgan fingerprint density at radius 3 is 2.88 bits per heavy atom. The van der Waals surface area contributed by atoms with Crippen molar-refractivity contribution in [1.82, 2.24) is 10.2 Å². The van der Waals surface area contributed by atoms with E-state index >= 15 is 0 Å². The molecular formula is C14H25N3. The van der Waals surface area contributed by atoms with Gasteiger partial charge >= 0.3 is 0 Å². The molecule has 1 unspecified atom stereocenters. The summed E-state index contributed by atoms with van der Waals surface area (Å²) in [6.07, 6.45) is 7.45. The topological polar surface area (TPSA) is 27.6 Å². The summed E-state index contributed by atoms with van der Waals surface area (Å²) in [5.41, 5.74) is 0.159. The molecule has 0 saturated carbocycles. The van der Waals surface area contributed by atoms with Crippen LogP contribution in [0.25, 0.3) is 0 Å². The molecular weight excluding hydrogens is 210 g/mol. The molecule has 1 rings (SSSR count). The maximum atomic E-state index is 5.35. The highest BCUT2D eigenvalue weighted by Crippen LogP contribution is 2.22. The lowest BCUT2D eigenvalue weighted by Gasteiger charge is -2.38. The Morgan fingerprint density at radius 2 is 2.29 bits per heavy atom. The second-order valence-corrected chi connectivity index (χ2v) is 5.21. The van der Waals surface area contributed by atoms with Gasteiger partial charge in [0.25, 0.3) is 0 Å². The average molecular weight is 235 g/mol. The fraction of sp³-hybridized carbons (Fsp3) is 0.786. The highest BCUT2D eigenvalue weighted by Gasteiger charge is 2.30. The standard InChI is InChI=1S/C14H25N3/c1-6-12(3)15-9-8-14(4,5)17-11-10-16-13(17)7-2/h1,12,15H,7-11H2,2-5H3. The van der Waals surface area contributed by atoms with Crippen molar-refractivity contribution in [3.63, 3.8) is 0 Å². The molecule has 0 fully saturated rings. The van der Waals surface area contributed by atoms with Gasteiger partial charge in [-0.05, 0) is 33.7 Å². The van der Waals surface area contributed by atoms with Gasteiger partial charge in [-0.25, -0.2) is 0 Å². The molecule has 3 heteroatoms. The van der Waals surface area contributed by atoms with Crippen molar-refractivity contribution < 1.29 is 0 Å². The molecule has 17 heavy (non-hydrogen) atoms. The zero-order valence-electron chi connectivity index (χ0n) is 11.6. The number of amidine groups is 1. The summed E-state index contributed by atoms with van der Waals surface area (Å²) in [5.74, 6) is 3.94. The quantitative estimate of drug-likeness (QED) is 0.712. The molecule has 1 aliphatic rings. The van der Waals surface area contributed by atoms with Gasteiger partial charge in [0, 0.05) is 18.5 Å². The van der Waals surface area contributed by atoms with E-state index in [1.165, 1.54) is 5.84 Å². The molecule has 1 N–H and O–H groups in total. The molecule has 1 heterocycles. The Kier molecular flexibility index (Phi) is 5.02. The van der Waals surface area contributed by atoms with Crippen molar-refractivity contribution in [1.29, 1.82) is 0 Å².